The molecule has 0 radical (unpaired) electrons. The molecule has 2 rings (SSSR count). The number of ether oxygens (including phenoxy) is 1. The minimum Gasteiger partial charge on any atom is -0.480 e. The fourth-order valence-corrected chi connectivity index (χ4v) is 2.34. The van der Waals surface area contributed by atoms with Gasteiger partial charge >= 0.3 is 5.97 Å². The lowest BCUT2D eigenvalue weighted by atomic mass is 9.93. The van der Waals surface area contributed by atoms with Crippen LogP contribution in [0.25, 0.3) is 0 Å². The van der Waals surface area contributed by atoms with E-state index in [9.17, 15) is 4.79 Å². The largest absolute Gasteiger partial charge is 0.480 e. The number of carboxylic acid groups (broad SMARTS) is 1. The second-order valence-corrected chi connectivity index (χ2v) is 4.88. The number of hydrogen-bond donors (Lipinski definition) is 2. The molecule has 1 atom stereocenters. The molecule has 0 aromatic rings. The molecule has 1 saturated heterocycles. The van der Waals surface area contributed by atoms with E-state index < -0.39 is 12.0 Å². The number of carboxylic acids is 1. The van der Waals surface area contributed by atoms with Crippen molar-refractivity contribution < 1.29 is 14.6 Å². The van der Waals surface area contributed by atoms with E-state index in [1.165, 1.54) is 0 Å². The number of nitrogens with two attached hydrogens (primary N) is 1. The number of morpholine rings is 1. The first-order valence-corrected chi connectivity index (χ1v) is 5.93. The zero-order valence-electron chi connectivity index (χ0n) is 9.52. The Balaban J connectivity index is 1.78. The molecule has 1 aliphatic carbocycles. The van der Waals surface area contributed by atoms with E-state index in [0.29, 0.717) is 0 Å². The summed E-state index contributed by atoms with van der Waals surface area (Å²) in [6.45, 7) is 4.44. The molecule has 1 saturated carbocycles. The topological polar surface area (TPSA) is 75.8 Å². The Bertz CT molecular complexity index is 260. The van der Waals surface area contributed by atoms with Gasteiger partial charge < -0.3 is 15.6 Å². The maximum absolute atomic E-state index is 10.9. The van der Waals surface area contributed by atoms with Crippen LogP contribution in [0.5, 0.6) is 0 Å². The SMILES string of the molecule is NC(C(=O)O)C1(CCN2CCOCC2)CC1. The summed E-state index contributed by atoms with van der Waals surface area (Å²) in [5.41, 5.74) is 5.61. The Morgan fingerprint density at radius 1 is 1.44 bits per heavy atom. The van der Waals surface area contributed by atoms with E-state index in [1.54, 1.807) is 0 Å². The molecule has 2 aliphatic rings. The van der Waals surface area contributed by atoms with Gasteiger partial charge in [-0.1, -0.05) is 0 Å². The van der Waals surface area contributed by atoms with Crippen molar-refractivity contribution >= 4 is 5.97 Å². The van der Waals surface area contributed by atoms with E-state index in [-0.39, 0.29) is 5.41 Å². The van der Waals surface area contributed by atoms with Crippen LogP contribution in [0.15, 0.2) is 0 Å². The van der Waals surface area contributed by atoms with Gasteiger partial charge in [0.1, 0.15) is 6.04 Å². The number of nitrogens with zero attached hydrogens (tertiary/aromatic N) is 1. The third-order valence-corrected chi connectivity index (χ3v) is 3.85. The zero-order chi connectivity index (χ0) is 11.6. The van der Waals surface area contributed by atoms with Crippen LogP contribution in [-0.4, -0.2) is 54.9 Å². The third kappa shape index (κ3) is 2.53. The Morgan fingerprint density at radius 2 is 2.06 bits per heavy atom. The lowest BCUT2D eigenvalue weighted by Gasteiger charge is -2.29. The second-order valence-electron chi connectivity index (χ2n) is 4.88. The van der Waals surface area contributed by atoms with Gasteiger partial charge in [-0.05, 0) is 31.2 Å². The molecule has 0 bridgehead atoms. The quantitative estimate of drug-likeness (QED) is 0.687. The summed E-state index contributed by atoms with van der Waals surface area (Å²) < 4.78 is 5.27. The minimum absolute atomic E-state index is 0.121. The molecule has 1 unspecified atom stereocenters. The van der Waals surface area contributed by atoms with E-state index in [4.69, 9.17) is 15.6 Å². The average Bonchev–Trinajstić information content (AvgIpc) is 3.08. The van der Waals surface area contributed by atoms with Crippen LogP contribution in [0.3, 0.4) is 0 Å². The molecule has 1 heterocycles. The molecule has 0 aromatic heterocycles. The first kappa shape index (κ1) is 11.8. The maximum Gasteiger partial charge on any atom is 0.321 e. The third-order valence-electron chi connectivity index (χ3n) is 3.85. The molecule has 5 nitrogen and oxygen atoms in total. The molecule has 3 N–H and O–H groups in total. The normalized spacial score (nSPS) is 26.3. The smallest absolute Gasteiger partial charge is 0.321 e. The fourth-order valence-electron chi connectivity index (χ4n) is 2.34. The molecule has 0 aromatic carbocycles. The first-order valence-electron chi connectivity index (χ1n) is 5.93. The van der Waals surface area contributed by atoms with E-state index in [2.05, 4.69) is 4.90 Å². The van der Waals surface area contributed by atoms with E-state index in [1.807, 2.05) is 0 Å². The van der Waals surface area contributed by atoms with Gasteiger partial charge in [0.05, 0.1) is 13.2 Å². The number of rotatable bonds is 5. The molecule has 16 heavy (non-hydrogen) atoms. The summed E-state index contributed by atoms with van der Waals surface area (Å²) >= 11 is 0. The van der Waals surface area contributed by atoms with Crippen molar-refractivity contribution in [3.8, 4) is 0 Å². The van der Waals surface area contributed by atoms with Gasteiger partial charge in [-0.2, -0.15) is 0 Å². The summed E-state index contributed by atoms with van der Waals surface area (Å²) in [5, 5.41) is 8.94. The van der Waals surface area contributed by atoms with Crippen molar-refractivity contribution in [1.82, 2.24) is 4.90 Å². The highest BCUT2D eigenvalue weighted by Crippen LogP contribution is 2.51. The predicted octanol–water partition coefficient (Wildman–Crippen LogP) is -0.0992. The number of carbonyl (C=O) groups is 1. The Hall–Kier alpha value is -0.650. The lowest BCUT2D eigenvalue weighted by molar-refractivity contribution is -0.140. The molecule has 1 aliphatic heterocycles. The van der Waals surface area contributed by atoms with Crippen LogP contribution < -0.4 is 5.73 Å². The van der Waals surface area contributed by atoms with Gasteiger partial charge in [-0.25, -0.2) is 0 Å². The van der Waals surface area contributed by atoms with E-state index >= 15 is 0 Å². The number of aliphatic carboxylic acids is 1. The zero-order valence-corrected chi connectivity index (χ0v) is 9.52. The summed E-state index contributed by atoms with van der Waals surface area (Å²) in [5.74, 6) is -0.862. The van der Waals surface area contributed by atoms with Crippen molar-refractivity contribution in [1.29, 1.82) is 0 Å². The summed E-state index contributed by atoms with van der Waals surface area (Å²) in [4.78, 5) is 13.2. The molecule has 0 amide bonds. The highest BCUT2D eigenvalue weighted by atomic mass is 16.5. The van der Waals surface area contributed by atoms with Gasteiger partial charge in [-0.3, -0.25) is 9.69 Å². The molecule has 0 spiro atoms. The van der Waals surface area contributed by atoms with Gasteiger partial charge in [-0.15, -0.1) is 0 Å². The second kappa shape index (κ2) is 4.69. The maximum atomic E-state index is 10.9. The van der Waals surface area contributed by atoms with Crippen molar-refractivity contribution in [2.24, 2.45) is 11.1 Å². The standard InChI is InChI=1S/C11H20N2O3/c12-9(10(14)15)11(1-2-11)3-4-13-5-7-16-8-6-13/h9H,1-8,12H2,(H,14,15). The molecular weight excluding hydrogens is 208 g/mol. The average molecular weight is 228 g/mol. The van der Waals surface area contributed by atoms with Crippen LogP contribution in [0, 0.1) is 5.41 Å². The lowest BCUT2D eigenvalue weighted by Crippen LogP contribution is -2.43. The van der Waals surface area contributed by atoms with Crippen LogP contribution in [0.4, 0.5) is 0 Å². The van der Waals surface area contributed by atoms with Crippen molar-refractivity contribution in [3.05, 3.63) is 0 Å². The Kier molecular flexibility index (Phi) is 3.47. The van der Waals surface area contributed by atoms with Crippen LogP contribution in [0.1, 0.15) is 19.3 Å². The summed E-state index contributed by atoms with van der Waals surface area (Å²) in [6, 6.07) is -0.687. The van der Waals surface area contributed by atoms with Gasteiger partial charge in [0.25, 0.3) is 0 Å². The molecule has 2 fully saturated rings. The van der Waals surface area contributed by atoms with Crippen molar-refractivity contribution in [3.63, 3.8) is 0 Å². The molecule has 92 valence electrons. The van der Waals surface area contributed by atoms with Crippen LogP contribution >= 0.6 is 0 Å². The van der Waals surface area contributed by atoms with Crippen molar-refractivity contribution in [2.75, 3.05) is 32.8 Å². The summed E-state index contributed by atoms with van der Waals surface area (Å²) in [7, 11) is 0. The Morgan fingerprint density at radius 3 is 2.56 bits per heavy atom. The minimum atomic E-state index is -0.862. The first-order chi connectivity index (χ1) is 7.64. The van der Waals surface area contributed by atoms with E-state index in [0.717, 1.165) is 52.1 Å². The Labute approximate surface area is 95.5 Å². The van der Waals surface area contributed by atoms with Crippen LogP contribution in [0.2, 0.25) is 0 Å². The monoisotopic (exact) mass is 228 g/mol. The van der Waals surface area contributed by atoms with Gasteiger partial charge in [0.2, 0.25) is 0 Å². The van der Waals surface area contributed by atoms with Crippen molar-refractivity contribution in [2.45, 2.75) is 25.3 Å². The molecular formula is C11H20N2O3. The summed E-state index contributed by atoms with van der Waals surface area (Å²) in [6.07, 6.45) is 2.83. The predicted molar refractivity (Wildman–Crippen MR) is 59.2 cm³/mol. The fraction of sp³-hybridized carbons (Fsp3) is 0.909. The molecule has 5 heteroatoms. The van der Waals surface area contributed by atoms with Gasteiger partial charge in [0.15, 0.2) is 0 Å². The van der Waals surface area contributed by atoms with Gasteiger partial charge in [0, 0.05) is 13.1 Å². The van der Waals surface area contributed by atoms with Crippen LogP contribution in [-0.2, 0) is 9.53 Å². The highest BCUT2D eigenvalue weighted by molar-refractivity contribution is 5.75. The highest BCUT2D eigenvalue weighted by Gasteiger charge is 2.50. The number of hydrogen-bond acceptors (Lipinski definition) is 4.